The monoisotopic (exact) mass is 365 g/mol. The summed E-state index contributed by atoms with van der Waals surface area (Å²) in [5.74, 6) is 1.23. The first-order valence-corrected chi connectivity index (χ1v) is 8.96. The van der Waals surface area contributed by atoms with Crippen LogP contribution >= 0.6 is 0 Å². The molecule has 3 rings (SSSR count). The minimum absolute atomic E-state index is 0.258. The maximum Gasteiger partial charge on any atom is 0.319 e. The Morgan fingerprint density at radius 2 is 2.19 bits per heavy atom. The van der Waals surface area contributed by atoms with E-state index >= 15 is 0 Å². The lowest BCUT2D eigenvalue weighted by molar-refractivity contribution is 0.252. The average Bonchev–Trinajstić information content (AvgIpc) is 3.20. The van der Waals surface area contributed by atoms with Crippen LogP contribution in [-0.4, -0.2) is 27.1 Å². The number of benzene rings is 1. The van der Waals surface area contributed by atoms with Crippen LogP contribution in [0.3, 0.4) is 0 Å². The maximum atomic E-state index is 11.9. The Labute approximate surface area is 158 Å². The molecule has 1 aromatic carbocycles. The van der Waals surface area contributed by atoms with Crippen molar-refractivity contribution in [2.75, 3.05) is 11.9 Å². The number of carbonyl (C=O) groups excluding carboxylic acids is 1. The number of aromatic nitrogens is 3. The third-order valence-corrected chi connectivity index (χ3v) is 3.96. The topological polar surface area (TPSA) is 81.1 Å². The summed E-state index contributed by atoms with van der Waals surface area (Å²) < 4.78 is 7.72. The van der Waals surface area contributed by atoms with Crippen molar-refractivity contribution >= 4 is 11.7 Å². The molecule has 7 nitrogen and oxygen atoms in total. The molecule has 140 valence electrons. The van der Waals surface area contributed by atoms with Crippen molar-refractivity contribution in [1.82, 2.24) is 19.9 Å². The van der Waals surface area contributed by atoms with Crippen LogP contribution in [0.1, 0.15) is 18.9 Å². The van der Waals surface area contributed by atoms with E-state index in [1.54, 1.807) is 30.9 Å². The molecule has 2 aromatic heterocycles. The molecule has 27 heavy (non-hydrogen) atoms. The Morgan fingerprint density at radius 3 is 2.93 bits per heavy atom. The fourth-order valence-electron chi connectivity index (χ4n) is 2.52. The van der Waals surface area contributed by atoms with Crippen molar-refractivity contribution in [1.29, 1.82) is 0 Å². The van der Waals surface area contributed by atoms with Gasteiger partial charge in [-0.1, -0.05) is 19.1 Å². The number of amides is 2. The molecule has 0 atom stereocenters. The molecule has 0 aliphatic rings. The Hall–Kier alpha value is -3.35. The Kier molecular flexibility index (Phi) is 6.40. The number of nitrogens with zero attached hydrogens (tertiary/aromatic N) is 3. The molecule has 0 radical (unpaired) electrons. The molecule has 0 saturated heterocycles. The minimum Gasteiger partial charge on any atom is -0.439 e. The SMILES string of the molecule is CCc1cccc(Oc2ccc(NC(=O)NCCCn3ccnc3)cn2)c1. The molecular formula is C20H23N5O2. The summed E-state index contributed by atoms with van der Waals surface area (Å²) in [7, 11) is 0. The van der Waals surface area contributed by atoms with Gasteiger partial charge in [-0.05, 0) is 36.6 Å². The second-order valence-electron chi connectivity index (χ2n) is 6.02. The highest BCUT2D eigenvalue weighted by Gasteiger charge is 2.04. The third-order valence-electron chi connectivity index (χ3n) is 3.96. The smallest absolute Gasteiger partial charge is 0.319 e. The van der Waals surface area contributed by atoms with Gasteiger partial charge >= 0.3 is 6.03 Å². The van der Waals surface area contributed by atoms with Crippen LogP contribution in [0.15, 0.2) is 61.3 Å². The van der Waals surface area contributed by atoms with E-state index in [0.717, 1.165) is 25.1 Å². The lowest BCUT2D eigenvalue weighted by Crippen LogP contribution is -2.30. The predicted octanol–water partition coefficient (Wildman–Crippen LogP) is 3.84. The van der Waals surface area contributed by atoms with E-state index in [1.807, 2.05) is 29.0 Å². The zero-order valence-corrected chi connectivity index (χ0v) is 15.3. The number of aryl methyl sites for hydroxylation is 2. The first kappa shape index (κ1) is 18.4. The van der Waals surface area contributed by atoms with Gasteiger partial charge in [0.1, 0.15) is 5.75 Å². The average molecular weight is 365 g/mol. The van der Waals surface area contributed by atoms with Crippen LogP contribution in [0.5, 0.6) is 11.6 Å². The van der Waals surface area contributed by atoms with Gasteiger partial charge in [0.2, 0.25) is 5.88 Å². The highest BCUT2D eigenvalue weighted by atomic mass is 16.5. The summed E-state index contributed by atoms with van der Waals surface area (Å²) >= 11 is 0. The van der Waals surface area contributed by atoms with E-state index in [2.05, 4.69) is 33.6 Å². The van der Waals surface area contributed by atoms with Crippen LogP contribution in [0.25, 0.3) is 0 Å². The van der Waals surface area contributed by atoms with Crippen LogP contribution in [0, 0.1) is 0 Å². The van der Waals surface area contributed by atoms with E-state index in [9.17, 15) is 4.79 Å². The zero-order valence-electron chi connectivity index (χ0n) is 15.3. The molecular weight excluding hydrogens is 342 g/mol. The van der Waals surface area contributed by atoms with Crippen LogP contribution in [0.2, 0.25) is 0 Å². The Balaban J connectivity index is 1.43. The normalized spacial score (nSPS) is 10.4. The van der Waals surface area contributed by atoms with Gasteiger partial charge in [0.25, 0.3) is 0 Å². The molecule has 0 unspecified atom stereocenters. The standard InChI is InChI=1S/C20H23N5O2/c1-2-16-5-3-6-18(13-16)27-19-8-7-17(14-23-19)24-20(26)22-9-4-11-25-12-10-21-15-25/h3,5-8,10,12-15H,2,4,9,11H2,1H3,(H2,22,24,26). The van der Waals surface area contributed by atoms with Gasteiger partial charge in [-0.15, -0.1) is 0 Å². The van der Waals surface area contributed by atoms with Crippen molar-refractivity contribution < 1.29 is 9.53 Å². The van der Waals surface area contributed by atoms with Crippen LogP contribution in [0.4, 0.5) is 10.5 Å². The number of nitrogens with one attached hydrogen (secondary N) is 2. The third kappa shape index (κ3) is 5.85. The van der Waals surface area contributed by atoms with Crippen molar-refractivity contribution in [3.05, 3.63) is 66.9 Å². The lowest BCUT2D eigenvalue weighted by atomic mass is 10.2. The number of rotatable bonds is 8. The molecule has 0 aliphatic heterocycles. The molecule has 3 aromatic rings. The van der Waals surface area contributed by atoms with E-state index in [-0.39, 0.29) is 6.03 Å². The van der Waals surface area contributed by atoms with Crippen molar-refractivity contribution in [2.45, 2.75) is 26.3 Å². The van der Waals surface area contributed by atoms with Crippen molar-refractivity contribution in [2.24, 2.45) is 0 Å². The number of urea groups is 1. The highest BCUT2D eigenvalue weighted by Crippen LogP contribution is 2.21. The summed E-state index contributed by atoms with van der Waals surface area (Å²) in [5, 5.41) is 5.58. The molecule has 2 heterocycles. The summed E-state index contributed by atoms with van der Waals surface area (Å²) in [5.41, 5.74) is 1.81. The fraction of sp³-hybridized carbons (Fsp3) is 0.250. The van der Waals surface area contributed by atoms with E-state index in [0.29, 0.717) is 18.1 Å². The summed E-state index contributed by atoms with van der Waals surface area (Å²) in [6, 6.07) is 11.1. The van der Waals surface area contributed by atoms with Gasteiger partial charge in [-0.2, -0.15) is 0 Å². The van der Waals surface area contributed by atoms with Crippen molar-refractivity contribution in [3.8, 4) is 11.6 Å². The summed E-state index contributed by atoms with van der Waals surface area (Å²) in [6.45, 7) is 3.49. The molecule has 0 aliphatic carbocycles. The minimum atomic E-state index is -0.258. The fourth-order valence-corrected chi connectivity index (χ4v) is 2.52. The summed E-state index contributed by atoms with van der Waals surface area (Å²) in [4.78, 5) is 20.1. The van der Waals surface area contributed by atoms with Gasteiger partial charge in [-0.25, -0.2) is 14.8 Å². The van der Waals surface area contributed by atoms with Crippen molar-refractivity contribution in [3.63, 3.8) is 0 Å². The zero-order chi connectivity index (χ0) is 18.9. The first-order chi connectivity index (χ1) is 13.2. The second-order valence-corrected chi connectivity index (χ2v) is 6.02. The molecule has 2 amide bonds. The maximum absolute atomic E-state index is 11.9. The Morgan fingerprint density at radius 1 is 1.26 bits per heavy atom. The first-order valence-electron chi connectivity index (χ1n) is 8.96. The number of carbonyl (C=O) groups is 1. The van der Waals surface area contributed by atoms with Gasteiger partial charge in [-0.3, -0.25) is 0 Å². The van der Waals surface area contributed by atoms with Gasteiger partial charge in [0, 0.05) is 31.5 Å². The lowest BCUT2D eigenvalue weighted by Gasteiger charge is -2.09. The van der Waals surface area contributed by atoms with E-state index < -0.39 is 0 Å². The second kappa shape index (κ2) is 9.38. The van der Waals surface area contributed by atoms with E-state index in [4.69, 9.17) is 4.74 Å². The quantitative estimate of drug-likeness (QED) is 0.594. The number of ether oxygens (including phenoxy) is 1. The van der Waals surface area contributed by atoms with Crippen LogP contribution < -0.4 is 15.4 Å². The number of anilines is 1. The van der Waals surface area contributed by atoms with Crippen LogP contribution in [-0.2, 0) is 13.0 Å². The molecule has 0 saturated carbocycles. The number of hydrogen-bond acceptors (Lipinski definition) is 4. The molecule has 0 fully saturated rings. The largest absolute Gasteiger partial charge is 0.439 e. The number of pyridine rings is 1. The summed E-state index contributed by atoms with van der Waals surface area (Å²) in [6.07, 6.45) is 8.74. The van der Waals surface area contributed by atoms with E-state index in [1.165, 1.54) is 5.56 Å². The molecule has 2 N–H and O–H groups in total. The van der Waals surface area contributed by atoms with Gasteiger partial charge in [0.05, 0.1) is 18.2 Å². The Bertz CT molecular complexity index is 847. The van der Waals surface area contributed by atoms with Gasteiger partial charge in [0.15, 0.2) is 0 Å². The molecule has 0 spiro atoms. The predicted molar refractivity (Wildman–Crippen MR) is 104 cm³/mol. The number of hydrogen-bond donors (Lipinski definition) is 2. The number of imidazole rings is 1. The molecule has 0 bridgehead atoms. The van der Waals surface area contributed by atoms with Gasteiger partial charge < -0.3 is 19.9 Å². The highest BCUT2D eigenvalue weighted by molar-refractivity contribution is 5.88. The molecule has 7 heteroatoms.